The Kier molecular flexibility index (Phi) is 2.07. The number of rotatable bonds is 1. The van der Waals surface area contributed by atoms with Gasteiger partial charge in [-0.3, -0.25) is 9.69 Å². The summed E-state index contributed by atoms with van der Waals surface area (Å²) in [5, 5.41) is 7.64. The van der Waals surface area contributed by atoms with Crippen molar-refractivity contribution >= 4 is 11.7 Å². The van der Waals surface area contributed by atoms with Crippen molar-refractivity contribution < 1.29 is 9.53 Å². The third-order valence-corrected chi connectivity index (χ3v) is 2.03. The van der Waals surface area contributed by atoms with Gasteiger partial charge in [-0.25, -0.2) is 0 Å². The van der Waals surface area contributed by atoms with Crippen LogP contribution in [0, 0.1) is 0 Å². The van der Waals surface area contributed by atoms with Gasteiger partial charge in [-0.1, -0.05) is 0 Å². The number of nitrogens with zero attached hydrogens (tertiary/aromatic N) is 3. The lowest BCUT2D eigenvalue weighted by molar-refractivity contribution is -0.121. The molecular formula is C9H11N3O2. The van der Waals surface area contributed by atoms with Crippen LogP contribution in [0.2, 0.25) is 0 Å². The van der Waals surface area contributed by atoms with Gasteiger partial charge in [0.2, 0.25) is 5.82 Å². The van der Waals surface area contributed by atoms with Crippen molar-refractivity contribution in [2.45, 2.75) is 19.9 Å². The average Bonchev–Trinajstić information content (AvgIpc) is 2.17. The summed E-state index contributed by atoms with van der Waals surface area (Å²) in [4.78, 5) is 13.1. The van der Waals surface area contributed by atoms with Crippen molar-refractivity contribution in [3.63, 3.8) is 0 Å². The third-order valence-electron chi connectivity index (χ3n) is 2.03. The van der Waals surface area contributed by atoms with E-state index in [1.807, 2.05) is 13.8 Å². The van der Waals surface area contributed by atoms with Gasteiger partial charge < -0.3 is 4.74 Å². The van der Waals surface area contributed by atoms with Crippen LogP contribution in [0.15, 0.2) is 12.3 Å². The number of aromatic nitrogens is 2. The summed E-state index contributed by atoms with van der Waals surface area (Å²) in [7, 11) is 0. The third kappa shape index (κ3) is 1.30. The van der Waals surface area contributed by atoms with Gasteiger partial charge in [-0.15, -0.1) is 5.10 Å². The monoisotopic (exact) mass is 193 g/mol. The summed E-state index contributed by atoms with van der Waals surface area (Å²) in [5.74, 6) is 1.06. The van der Waals surface area contributed by atoms with Crippen LogP contribution >= 0.6 is 0 Å². The molecule has 0 spiro atoms. The molecule has 1 aromatic rings. The van der Waals surface area contributed by atoms with E-state index >= 15 is 0 Å². The first-order chi connectivity index (χ1) is 6.70. The molecule has 0 atom stereocenters. The molecule has 14 heavy (non-hydrogen) atoms. The van der Waals surface area contributed by atoms with Gasteiger partial charge >= 0.3 is 0 Å². The standard InChI is InChI=1S/C9H11N3O2/c1-6(2)12-8(13)5-14-7-3-4-10-11-9(7)12/h3-4,6H,5H2,1-2H3. The fourth-order valence-corrected chi connectivity index (χ4v) is 1.45. The summed E-state index contributed by atoms with van der Waals surface area (Å²) >= 11 is 0. The number of ether oxygens (including phenoxy) is 1. The van der Waals surface area contributed by atoms with Gasteiger partial charge in [0, 0.05) is 12.1 Å². The van der Waals surface area contributed by atoms with Crippen molar-refractivity contribution in [3.8, 4) is 5.75 Å². The fourth-order valence-electron chi connectivity index (χ4n) is 1.45. The van der Waals surface area contributed by atoms with E-state index in [2.05, 4.69) is 10.2 Å². The van der Waals surface area contributed by atoms with E-state index in [9.17, 15) is 4.79 Å². The molecule has 1 aliphatic heterocycles. The smallest absolute Gasteiger partial charge is 0.266 e. The number of carbonyl (C=O) groups is 1. The van der Waals surface area contributed by atoms with Crippen LogP contribution in [0.3, 0.4) is 0 Å². The topological polar surface area (TPSA) is 55.3 Å². The maximum Gasteiger partial charge on any atom is 0.266 e. The molecule has 0 radical (unpaired) electrons. The normalized spacial score (nSPS) is 15.4. The molecule has 0 bridgehead atoms. The summed E-state index contributed by atoms with van der Waals surface area (Å²) in [5.41, 5.74) is 0. The minimum absolute atomic E-state index is 0.0712. The van der Waals surface area contributed by atoms with Crippen molar-refractivity contribution in [1.82, 2.24) is 10.2 Å². The molecule has 2 rings (SSSR count). The van der Waals surface area contributed by atoms with Crippen LogP contribution in [-0.4, -0.2) is 28.8 Å². The highest BCUT2D eigenvalue weighted by Crippen LogP contribution is 2.29. The van der Waals surface area contributed by atoms with Crippen LogP contribution in [0.4, 0.5) is 5.82 Å². The van der Waals surface area contributed by atoms with E-state index in [1.165, 1.54) is 0 Å². The van der Waals surface area contributed by atoms with E-state index in [1.54, 1.807) is 17.2 Å². The van der Waals surface area contributed by atoms with Crippen molar-refractivity contribution in [2.24, 2.45) is 0 Å². The average molecular weight is 193 g/mol. The number of hydrogen-bond acceptors (Lipinski definition) is 4. The Labute approximate surface area is 81.7 Å². The fraction of sp³-hybridized carbons (Fsp3) is 0.444. The lowest BCUT2D eigenvalue weighted by Crippen LogP contribution is -2.43. The molecule has 74 valence electrons. The molecule has 5 nitrogen and oxygen atoms in total. The maximum absolute atomic E-state index is 11.5. The highest BCUT2D eigenvalue weighted by molar-refractivity contribution is 5.96. The van der Waals surface area contributed by atoms with Gasteiger partial charge in [0.1, 0.15) is 0 Å². The second-order valence-electron chi connectivity index (χ2n) is 3.37. The number of carbonyl (C=O) groups excluding carboxylic acids is 1. The van der Waals surface area contributed by atoms with E-state index in [0.29, 0.717) is 11.6 Å². The van der Waals surface area contributed by atoms with Gasteiger partial charge in [0.25, 0.3) is 5.91 Å². The maximum atomic E-state index is 11.5. The Balaban J connectivity index is 2.46. The molecule has 0 saturated carbocycles. The van der Waals surface area contributed by atoms with Gasteiger partial charge in [-0.05, 0) is 13.8 Å². The van der Waals surface area contributed by atoms with E-state index in [4.69, 9.17) is 4.74 Å². The molecule has 0 saturated heterocycles. The molecular weight excluding hydrogens is 182 g/mol. The zero-order valence-electron chi connectivity index (χ0n) is 8.10. The Morgan fingerprint density at radius 1 is 1.57 bits per heavy atom. The number of fused-ring (bicyclic) bond motifs is 1. The molecule has 1 aromatic heterocycles. The molecule has 5 heteroatoms. The second-order valence-corrected chi connectivity index (χ2v) is 3.37. The largest absolute Gasteiger partial charge is 0.480 e. The summed E-state index contributed by atoms with van der Waals surface area (Å²) in [6.07, 6.45) is 1.55. The predicted molar refractivity (Wildman–Crippen MR) is 50.1 cm³/mol. The molecule has 1 amide bonds. The van der Waals surface area contributed by atoms with Gasteiger partial charge in [-0.2, -0.15) is 5.10 Å². The van der Waals surface area contributed by atoms with E-state index < -0.39 is 0 Å². The SMILES string of the molecule is CC(C)N1C(=O)COc2ccnnc21. The number of anilines is 1. The predicted octanol–water partition coefficient (Wildman–Crippen LogP) is 0.610. The first kappa shape index (κ1) is 8.93. The Bertz CT molecular complexity index is 365. The van der Waals surface area contributed by atoms with E-state index in [0.717, 1.165) is 0 Å². The molecule has 0 unspecified atom stereocenters. The summed E-state index contributed by atoms with van der Waals surface area (Å²) in [6.45, 7) is 3.94. The highest BCUT2D eigenvalue weighted by atomic mass is 16.5. The summed E-state index contributed by atoms with van der Waals surface area (Å²) in [6, 6.07) is 1.78. The Morgan fingerprint density at radius 3 is 3.07 bits per heavy atom. The Morgan fingerprint density at radius 2 is 2.36 bits per heavy atom. The zero-order chi connectivity index (χ0) is 10.1. The van der Waals surface area contributed by atoms with Crippen LogP contribution < -0.4 is 9.64 Å². The van der Waals surface area contributed by atoms with Crippen LogP contribution in [0.25, 0.3) is 0 Å². The minimum Gasteiger partial charge on any atom is -0.480 e. The molecule has 1 aliphatic rings. The zero-order valence-corrected chi connectivity index (χ0v) is 8.10. The Hall–Kier alpha value is -1.65. The number of amides is 1. The van der Waals surface area contributed by atoms with Crippen LogP contribution in [-0.2, 0) is 4.79 Å². The first-order valence-corrected chi connectivity index (χ1v) is 4.46. The lowest BCUT2D eigenvalue weighted by Gasteiger charge is -2.30. The van der Waals surface area contributed by atoms with E-state index in [-0.39, 0.29) is 18.6 Å². The quantitative estimate of drug-likeness (QED) is 0.655. The van der Waals surface area contributed by atoms with Crippen molar-refractivity contribution in [1.29, 1.82) is 0 Å². The van der Waals surface area contributed by atoms with Gasteiger partial charge in [0.05, 0.1) is 6.20 Å². The van der Waals surface area contributed by atoms with Crippen molar-refractivity contribution in [2.75, 3.05) is 11.5 Å². The molecule has 0 N–H and O–H groups in total. The molecule has 0 fully saturated rings. The molecule has 2 heterocycles. The molecule has 0 aliphatic carbocycles. The van der Waals surface area contributed by atoms with Gasteiger partial charge in [0.15, 0.2) is 12.4 Å². The number of hydrogen-bond donors (Lipinski definition) is 0. The molecule has 0 aromatic carbocycles. The highest BCUT2D eigenvalue weighted by Gasteiger charge is 2.28. The second kappa shape index (κ2) is 3.25. The first-order valence-electron chi connectivity index (χ1n) is 4.46. The van der Waals surface area contributed by atoms with Crippen LogP contribution in [0.1, 0.15) is 13.8 Å². The van der Waals surface area contributed by atoms with Crippen molar-refractivity contribution in [3.05, 3.63) is 12.3 Å². The summed E-state index contributed by atoms with van der Waals surface area (Å²) < 4.78 is 5.22. The lowest BCUT2D eigenvalue weighted by atomic mass is 10.2. The minimum atomic E-state index is -0.0759. The van der Waals surface area contributed by atoms with Crippen LogP contribution in [0.5, 0.6) is 5.75 Å².